The van der Waals surface area contributed by atoms with Crippen LogP contribution in [0, 0.1) is 11.7 Å². The summed E-state index contributed by atoms with van der Waals surface area (Å²) in [5, 5.41) is 3.38. The third-order valence-corrected chi connectivity index (χ3v) is 4.78. The van der Waals surface area contributed by atoms with Gasteiger partial charge in [0.2, 0.25) is 0 Å². The van der Waals surface area contributed by atoms with E-state index in [1.165, 1.54) is 12.1 Å². The highest BCUT2D eigenvalue weighted by Crippen LogP contribution is 2.24. The predicted octanol–water partition coefficient (Wildman–Crippen LogP) is 4.02. The molecule has 138 valence electrons. The molecule has 3 aromatic rings. The second kappa shape index (κ2) is 8.52. The zero-order valence-corrected chi connectivity index (χ0v) is 15.3. The van der Waals surface area contributed by atoms with Gasteiger partial charge in [0.05, 0.1) is 24.2 Å². The minimum absolute atomic E-state index is 0. The molecule has 2 aromatic carbocycles. The highest BCUT2D eigenvalue weighted by atomic mass is 35.5. The lowest BCUT2D eigenvalue weighted by molar-refractivity contribution is 0.197. The molecule has 1 aromatic heterocycles. The van der Waals surface area contributed by atoms with Gasteiger partial charge in [-0.2, -0.15) is 4.98 Å². The molecule has 0 amide bonds. The van der Waals surface area contributed by atoms with Gasteiger partial charge in [0.1, 0.15) is 5.82 Å². The molecule has 4 rings (SSSR count). The van der Waals surface area contributed by atoms with Crippen LogP contribution < -0.4 is 10.1 Å². The Kier molecular flexibility index (Phi) is 6.12. The summed E-state index contributed by atoms with van der Waals surface area (Å²) in [4.78, 5) is 4.66. The Hall–Kier alpha value is -2.11. The van der Waals surface area contributed by atoms with Crippen LogP contribution in [-0.2, 0) is 6.54 Å². The van der Waals surface area contributed by atoms with E-state index in [1.54, 1.807) is 12.1 Å². The number of ether oxygens (including phenoxy) is 1. The summed E-state index contributed by atoms with van der Waals surface area (Å²) in [6, 6.07) is 15.3. The van der Waals surface area contributed by atoms with Crippen molar-refractivity contribution in [2.75, 3.05) is 19.7 Å². The molecule has 0 radical (unpaired) electrons. The topological polar surface area (TPSA) is 39.1 Å². The molecule has 6 heteroatoms. The lowest BCUT2D eigenvalue weighted by Gasteiger charge is -2.22. The summed E-state index contributed by atoms with van der Waals surface area (Å²) < 4.78 is 21.4. The molecule has 0 saturated carbocycles. The highest BCUT2D eigenvalue weighted by Gasteiger charge is 2.17. The standard InChI is InChI=1S/C20H22FN3O.ClH/c21-17-7-5-15(6-8-17)13-24-19-4-2-1-3-18(19)23-20(24)25-14-16-9-11-22-12-10-16;/h1-8,16,22H,9-14H2;1H. The molecule has 0 bridgehead atoms. The summed E-state index contributed by atoms with van der Waals surface area (Å²) in [7, 11) is 0. The van der Waals surface area contributed by atoms with E-state index in [9.17, 15) is 4.39 Å². The number of halogens is 2. The summed E-state index contributed by atoms with van der Waals surface area (Å²) in [5.74, 6) is 0.349. The van der Waals surface area contributed by atoms with Crippen LogP contribution >= 0.6 is 12.4 Å². The van der Waals surface area contributed by atoms with Crippen molar-refractivity contribution in [3.8, 4) is 6.01 Å². The average molecular weight is 376 g/mol. The largest absolute Gasteiger partial charge is 0.464 e. The zero-order chi connectivity index (χ0) is 17.1. The lowest BCUT2D eigenvalue weighted by Crippen LogP contribution is -2.30. The Bertz CT molecular complexity index is 844. The van der Waals surface area contributed by atoms with Gasteiger partial charge in [-0.3, -0.25) is 4.57 Å². The van der Waals surface area contributed by atoms with Gasteiger partial charge < -0.3 is 10.1 Å². The third kappa shape index (κ3) is 4.17. The minimum Gasteiger partial charge on any atom is -0.464 e. The molecular formula is C20H23ClFN3O. The fraction of sp³-hybridized carbons (Fsp3) is 0.350. The number of benzene rings is 2. The van der Waals surface area contributed by atoms with Crippen molar-refractivity contribution < 1.29 is 9.13 Å². The second-order valence-corrected chi connectivity index (χ2v) is 6.60. The number of aromatic nitrogens is 2. The molecule has 4 nitrogen and oxygen atoms in total. The van der Waals surface area contributed by atoms with Crippen LogP contribution in [0.1, 0.15) is 18.4 Å². The predicted molar refractivity (Wildman–Crippen MR) is 104 cm³/mol. The molecule has 0 unspecified atom stereocenters. The number of piperidine rings is 1. The first kappa shape index (κ1) is 18.7. The maximum Gasteiger partial charge on any atom is 0.297 e. The molecule has 2 heterocycles. The van der Waals surface area contributed by atoms with E-state index in [0.29, 0.717) is 25.1 Å². The summed E-state index contributed by atoms with van der Waals surface area (Å²) in [6.45, 7) is 3.41. The molecule has 26 heavy (non-hydrogen) atoms. The van der Waals surface area contributed by atoms with Crippen LogP contribution in [0.2, 0.25) is 0 Å². The number of hydrogen-bond donors (Lipinski definition) is 1. The van der Waals surface area contributed by atoms with E-state index >= 15 is 0 Å². The van der Waals surface area contributed by atoms with Gasteiger partial charge in [-0.25, -0.2) is 4.39 Å². The fourth-order valence-electron chi connectivity index (χ4n) is 3.33. The van der Waals surface area contributed by atoms with Crippen LogP contribution in [0.25, 0.3) is 11.0 Å². The van der Waals surface area contributed by atoms with Crippen molar-refractivity contribution in [2.45, 2.75) is 19.4 Å². The second-order valence-electron chi connectivity index (χ2n) is 6.60. The van der Waals surface area contributed by atoms with E-state index < -0.39 is 0 Å². The van der Waals surface area contributed by atoms with E-state index in [-0.39, 0.29) is 18.2 Å². The number of hydrogen-bond acceptors (Lipinski definition) is 3. The fourth-order valence-corrected chi connectivity index (χ4v) is 3.33. The van der Waals surface area contributed by atoms with Crippen molar-refractivity contribution in [2.24, 2.45) is 5.92 Å². The molecular weight excluding hydrogens is 353 g/mol. The normalized spacial score (nSPS) is 15.0. The van der Waals surface area contributed by atoms with Crippen LogP contribution in [-0.4, -0.2) is 29.2 Å². The first-order chi connectivity index (χ1) is 12.3. The van der Waals surface area contributed by atoms with E-state index in [1.807, 2.05) is 24.3 Å². The van der Waals surface area contributed by atoms with Crippen LogP contribution in [0.4, 0.5) is 4.39 Å². The van der Waals surface area contributed by atoms with E-state index in [0.717, 1.165) is 42.5 Å². The Labute approximate surface area is 158 Å². The SMILES string of the molecule is Cl.Fc1ccc(Cn2c(OCC3CCNCC3)nc3ccccc32)cc1. The lowest BCUT2D eigenvalue weighted by atomic mass is 9.99. The van der Waals surface area contributed by atoms with Gasteiger partial charge in [-0.05, 0) is 61.7 Å². The number of imidazole rings is 1. The Balaban J connectivity index is 0.00000196. The maximum atomic E-state index is 13.2. The Morgan fingerprint density at radius 2 is 1.81 bits per heavy atom. The van der Waals surface area contributed by atoms with Gasteiger partial charge in [-0.15, -0.1) is 12.4 Å². The van der Waals surface area contributed by atoms with E-state index in [4.69, 9.17) is 4.74 Å². The molecule has 0 spiro atoms. The van der Waals surface area contributed by atoms with Gasteiger partial charge in [0.25, 0.3) is 6.01 Å². The monoisotopic (exact) mass is 375 g/mol. The number of fused-ring (bicyclic) bond motifs is 1. The van der Waals surface area contributed by atoms with Crippen molar-refractivity contribution in [3.05, 3.63) is 59.9 Å². The summed E-state index contributed by atoms with van der Waals surface area (Å²) >= 11 is 0. The Morgan fingerprint density at radius 1 is 1.08 bits per heavy atom. The Morgan fingerprint density at radius 3 is 2.58 bits per heavy atom. The number of para-hydroxylation sites is 2. The minimum atomic E-state index is -0.221. The molecule has 1 saturated heterocycles. The van der Waals surface area contributed by atoms with Crippen LogP contribution in [0.5, 0.6) is 6.01 Å². The third-order valence-electron chi connectivity index (χ3n) is 4.78. The van der Waals surface area contributed by atoms with Crippen LogP contribution in [0.15, 0.2) is 48.5 Å². The summed E-state index contributed by atoms with van der Waals surface area (Å²) in [6.07, 6.45) is 2.27. The smallest absolute Gasteiger partial charge is 0.297 e. The van der Waals surface area contributed by atoms with E-state index in [2.05, 4.69) is 14.9 Å². The molecule has 0 atom stereocenters. The highest BCUT2D eigenvalue weighted by molar-refractivity contribution is 5.85. The van der Waals surface area contributed by atoms with Crippen molar-refractivity contribution in [3.63, 3.8) is 0 Å². The first-order valence-corrected chi connectivity index (χ1v) is 8.83. The van der Waals surface area contributed by atoms with Crippen LogP contribution in [0.3, 0.4) is 0 Å². The first-order valence-electron chi connectivity index (χ1n) is 8.83. The summed E-state index contributed by atoms with van der Waals surface area (Å²) in [5.41, 5.74) is 2.98. The molecule has 1 fully saturated rings. The average Bonchev–Trinajstić information content (AvgIpc) is 3.00. The quantitative estimate of drug-likeness (QED) is 0.732. The number of nitrogens with one attached hydrogen (secondary N) is 1. The molecule has 1 aliphatic heterocycles. The number of rotatable bonds is 5. The molecule has 1 N–H and O–H groups in total. The van der Waals surface area contributed by atoms with Gasteiger partial charge in [0, 0.05) is 0 Å². The maximum absolute atomic E-state index is 13.2. The van der Waals surface area contributed by atoms with Gasteiger partial charge in [-0.1, -0.05) is 24.3 Å². The zero-order valence-electron chi connectivity index (χ0n) is 14.5. The molecule has 0 aliphatic carbocycles. The molecule has 1 aliphatic rings. The van der Waals surface area contributed by atoms with Crippen molar-refractivity contribution in [1.29, 1.82) is 0 Å². The van der Waals surface area contributed by atoms with Gasteiger partial charge in [0.15, 0.2) is 0 Å². The van der Waals surface area contributed by atoms with Crippen molar-refractivity contribution in [1.82, 2.24) is 14.9 Å². The number of nitrogens with zero attached hydrogens (tertiary/aromatic N) is 2. The van der Waals surface area contributed by atoms with Crippen molar-refractivity contribution >= 4 is 23.4 Å². The van der Waals surface area contributed by atoms with Gasteiger partial charge >= 0.3 is 0 Å².